The van der Waals surface area contributed by atoms with Crippen molar-refractivity contribution in [2.45, 2.75) is 26.3 Å². The van der Waals surface area contributed by atoms with Crippen molar-refractivity contribution in [1.29, 1.82) is 0 Å². The summed E-state index contributed by atoms with van der Waals surface area (Å²) < 4.78 is 5.46. The summed E-state index contributed by atoms with van der Waals surface area (Å²) in [5.41, 5.74) is 1.84. The van der Waals surface area contributed by atoms with Crippen molar-refractivity contribution < 1.29 is 9.53 Å². The fourth-order valence-electron chi connectivity index (χ4n) is 2.63. The topological polar surface area (TPSA) is 54.5 Å². The number of carbonyl (C=O) groups excluding carboxylic acids is 1. The standard InChI is InChI=1S/C18H23N3O2S/c1-18(2,3)20-16(22)15-11-14(13-5-4-6-19-12-13)17(24-15)21-7-9-23-10-8-21/h4-6,11-12H,7-10H2,1-3H3,(H,20,22). The van der Waals surface area contributed by atoms with Gasteiger partial charge >= 0.3 is 0 Å². The largest absolute Gasteiger partial charge is 0.378 e. The normalized spacial score (nSPS) is 15.4. The molecule has 1 amide bonds. The number of nitrogens with one attached hydrogen (secondary N) is 1. The van der Waals surface area contributed by atoms with Crippen molar-refractivity contribution in [3.05, 3.63) is 35.5 Å². The SMILES string of the molecule is CC(C)(C)NC(=O)c1cc(-c2cccnc2)c(N2CCOCC2)s1. The molecular weight excluding hydrogens is 322 g/mol. The summed E-state index contributed by atoms with van der Waals surface area (Å²) >= 11 is 1.54. The smallest absolute Gasteiger partial charge is 0.261 e. The van der Waals surface area contributed by atoms with Crippen molar-refractivity contribution in [3.63, 3.8) is 0 Å². The fraction of sp³-hybridized carbons (Fsp3) is 0.444. The highest BCUT2D eigenvalue weighted by atomic mass is 32.1. The van der Waals surface area contributed by atoms with E-state index in [2.05, 4.69) is 15.2 Å². The number of aromatic nitrogens is 1. The van der Waals surface area contributed by atoms with Crippen LogP contribution in [0.15, 0.2) is 30.6 Å². The van der Waals surface area contributed by atoms with Crippen LogP contribution in [0.3, 0.4) is 0 Å². The average Bonchev–Trinajstić information content (AvgIpc) is 3.00. The molecule has 2 aromatic rings. The van der Waals surface area contributed by atoms with Gasteiger partial charge in [-0.1, -0.05) is 6.07 Å². The van der Waals surface area contributed by atoms with Crippen molar-refractivity contribution in [2.75, 3.05) is 31.2 Å². The predicted molar refractivity (Wildman–Crippen MR) is 97.8 cm³/mol. The number of rotatable bonds is 3. The minimum Gasteiger partial charge on any atom is -0.378 e. The van der Waals surface area contributed by atoms with E-state index < -0.39 is 0 Å². The van der Waals surface area contributed by atoms with Crippen LogP contribution >= 0.6 is 11.3 Å². The molecule has 1 N–H and O–H groups in total. The lowest BCUT2D eigenvalue weighted by Gasteiger charge is -2.28. The summed E-state index contributed by atoms with van der Waals surface area (Å²) in [6.07, 6.45) is 3.61. The molecule has 0 spiro atoms. The Hall–Kier alpha value is -1.92. The van der Waals surface area contributed by atoms with Crippen molar-refractivity contribution in [1.82, 2.24) is 10.3 Å². The van der Waals surface area contributed by atoms with Gasteiger partial charge in [0, 0.05) is 42.1 Å². The van der Waals surface area contributed by atoms with Crippen LogP contribution in [-0.4, -0.2) is 42.7 Å². The summed E-state index contributed by atoms with van der Waals surface area (Å²) in [5, 5.41) is 4.16. The number of thiophene rings is 1. The molecule has 1 saturated heterocycles. The van der Waals surface area contributed by atoms with E-state index in [9.17, 15) is 4.79 Å². The molecule has 0 atom stereocenters. The number of amides is 1. The Kier molecular flexibility index (Phi) is 4.87. The number of nitrogens with zero attached hydrogens (tertiary/aromatic N) is 2. The lowest BCUT2D eigenvalue weighted by molar-refractivity contribution is 0.0924. The number of morpholine rings is 1. The fourth-order valence-corrected chi connectivity index (χ4v) is 3.75. The zero-order valence-electron chi connectivity index (χ0n) is 14.3. The van der Waals surface area contributed by atoms with Gasteiger partial charge in [-0.05, 0) is 32.9 Å². The number of hydrogen-bond acceptors (Lipinski definition) is 5. The van der Waals surface area contributed by atoms with Crippen LogP contribution < -0.4 is 10.2 Å². The van der Waals surface area contributed by atoms with Gasteiger partial charge in [0.15, 0.2) is 0 Å². The molecule has 0 aromatic carbocycles. The Morgan fingerprint density at radius 3 is 2.71 bits per heavy atom. The number of anilines is 1. The molecule has 0 radical (unpaired) electrons. The first-order valence-corrected chi connectivity index (χ1v) is 8.95. The number of carbonyl (C=O) groups is 1. The van der Waals surface area contributed by atoms with E-state index in [1.165, 1.54) is 0 Å². The molecule has 0 saturated carbocycles. The number of ether oxygens (including phenoxy) is 1. The third-order valence-electron chi connectivity index (χ3n) is 3.70. The van der Waals surface area contributed by atoms with E-state index in [1.54, 1.807) is 17.5 Å². The molecule has 0 bridgehead atoms. The summed E-state index contributed by atoms with van der Waals surface area (Å²) in [5.74, 6) is -0.0304. The molecular formula is C18H23N3O2S. The van der Waals surface area contributed by atoms with Crippen LogP contribution in [-0.2, 0) is 4.74 Å². The monoisotopic (exact) mass is 345 g/mol. The summed E-state index contributed by atoms with van der Waals surface area (Å²) in [4.78, 5) is 19.8. The zero-order chi connectivity index (χ0) is 17.2. The average molecular weight is 345 g/mol. The molecule has 5 nitrogen and oxygen atoms in total. The van der Waals surface area contributed by atoms with Gasteiger partial charge in [-0.2, -0.15) is 0 Å². The Morgan fingerprint density at radius 1 is 1.33 bits per heavy atom. The highest BCUT2D eigenvalue weighted by Gasteiger charge is 2.23. The third-order valence-corrected chi connectivity index (χ3v) is 4.89. The van der Waals surface area contributed by atoms with Gasteiger partial charge in [0.25, 0.3) is 5.91 Å². The Morgan fingerprint density at radius 2 is 2.08 bits per heavy atom. The Labute approximate surface area is 146 Å². The highest BCUT2D eigenvalue weighted by Crippen LogP contribution is 2.39. The molecule has 2 aromatic heterocycles. The maximum atomic E-state index is 12.6. The molecule has 1 aliphatic heterocycles. The lowest BCUT2D eigenvalue weighted by Crippen LogP contribution is -2.40. The molecule has 6 heteroatoms. The van der Waals surface area contributed by atoms with Gasteiger partial charge < -0.3 is 15.0 Å². The van der Waals surface area contributed by atoms with Crippen molar-refractivity contribution in [2.24, 2.45) is 0 Å². The van der Waals surface area contributed by atoms with E-state index in [1.807, 2.05) is 45.2 Å². The van der Waals surface area contributed by atoms with E-state index in [0.29, 0.717) is 13.2 Å². The second-order valence-corrected chi connectivity index (χ2v) is 7.91. The quantitative estimate of drug-likeness (QED) is 0.928. The van der Waals surface area contributed by atoms with Gasteiger partial charge in [-0.3, -0.25) is 9.78 Å². The van der Waals surface area contributed by atoms with Crippen molar-refractivity contribution >= 4 is 22.2 Å². The van der Waals surface area contributed by atoms with E-state index >= 15 is 0 Å². The second-order valence-electron chi connectivity index (χ2n) is 6.87. The first-order valence-electron chi connectivity index (χ1n) is 8.13. The molecule has 24 heavy (non-hydrogen) atoms. The first kappa shape index (κ1) is 16.9. The molecule has 1 fully saturated rings. The van der Waals surface area contributed by atoms with Gasteiger partial charge in [0.1, 0.15) is 0 Å². The van der Waals surface area contributed by atoms with Gasteiger partial charge in [0.2, 0.25) is 0 Å². The Balaban J connectivity index is 1.97. The van der Waals surface area contributed by atoms with E-state index in [0.717, 1.165) is 34.1 Å². The Bertz CT molecular complexity index is 701. The minimum atomic E-state index is -0.255. The summed E-state index contributed by atoms with van der Waals surface area (Å²) in [6, 6.07) is 5.93. The lowest BCUT2D eigenvalue weighted by atomic mass is 10.1. The van der Waals surface area contributed by atoms with E-state index in [4.69, 9.17) is 4.74 Å². The molecule has 3 heterocycles. The first-order chi connectivity index (χ1) is 11.4. The molecule has 0 unspecified atom stereocenters. The van der Waals surface area contributed by atoms with Crippen LogP contribution in [0.2, 0.25) is 0 Å². The van der Waals surface area contributed by atoms with E-state index in [-0.39, 0.29) is 11.4 Å². The number of pyridine rings is 1. The zero-order valence-corrected chi connectivity index (χ0v) is 15.2. The molecule has 3 rings (SSSR count). The third kappa shape index (κ3) is 3.94. The minimum absolute atomic E-state index is 0.0304. The summed E-state index contributed by atoms with van der Waals surface area (Å²) in [6.45, 7) is 9.08. The number of hydrogen-bond donors (Lipinski definition) is 1. The molecule has 0 aliphatic carbocycles. The van der Waals surface area contributed by atoms with Crippen LogP contribution in [0.25, 0.3) is 11.1 Å². The predicted octanol–water partition coefficient (Wildman–Crippen LogP) is 3.18. The highest BCUT2D eigenvalue weighted by molar-refractivity contribution is 7.18. The van der Waals surface area contributed by atoms with Crippen LogP contribution in [0.1, 0.15) is 30.4 Å². The van der Waals surface area contributed by atoms with Gasteiger partial charge in [0.05, 0.1) is 23.1 Å². The van der Waals surface area contributed by atoms with Gasteiger partial charge in [-0.25, -0.2) is 0 Å². The van der Waals surface area contributed by atoms with Crippen LogP contribution in [0.4, 0.5) is 5.00 Å². The van der Waals surface area contributed by atoms with Crippen LogP contribution in [0, 0.1) is 0 Å². The maximum absolute atomic E-state index is 12.6. The summed E-state index contributed by atoms with van der Waals surface area (Å²) in [7, 11) is 0. The molecule has 1 aliphatic rings. The second kappa shape index (κ2) is 6.91. The molecule has 128 valence electrons. The van der Waals surface area contributed by atoms with Crippen LogP contribution in [0.5, 0.6) is 0 Å². The maximum Gasteiger partial charge on any atom is 0.261 e. The van der Waals surface area contributed by atoms with Crippen molar-refractivity contribution in [3.8, 4) is 11.1 Å². The van der Waals surface area contributed by atoms with Gasteiger partial charge in [-0.15, -0.1) is 11.3 Å².